The minimum atomic E-state index is -4.54. The van der Waals surface area contributed by atoms with E-state index in [1.807, 2.05) is 0 Å². The first-order valence-corrected chi connectivity index (χ1v) is 4.73. The highest BCUT2D eigenvalue weighted by molar-refractivity contribution is 6.60. The summed E-state index contributed by atoms with van der Waals surface area (Å²) in [5, 5.41) is 21.5. The Hall–Kier alpha value is -1.87. The van der Waals surface area contributed by atoms with Gasteiger partial charge in [0.1, 0.15) is 0 Å². The van der Waals surface area contributed by atoms with Crippen molar-refractivity contribution in [2.45, 2.75) is 6.18 Å². The Kier molecular flexibility index (Phi) is 3.10. The SMILES string of the molecule is OB(O)c1ccc(C(F)(F)F)cc1-c1ncon1. The monoisotopic (exact) mass is 258 g/mol. The van der Waals surface area contributed by atoms with Gasteiger partial charge in [0.25, 0.3) is 0 Å². The maximum absolute atomic E-state index is 12.6. The van der Waals surface area contributed by atoms with Crippen molar-refractivity contribution in [3.63, 3.8) is 0 Å². The third kappa shape index (κ3) is 2.36. The summed E-state index contributed by atoms with van der Waals surface area (Å²) >= 11 is 0. The van der Waals surface area contributed by atoms with Gasteiger partial charge in [0.05, 0.1) is 5.56 Å². The van der Waals surface area contributed by atoms with Crippen LogP contribution in [0.3, 0.4) is 0 Å². The van der Waals surface area contributed by atoms with Gasteiger partial charge in [-0.05, 0) is 11.5 Å². The van der Waals surface area contributed by atoms with Crippen molar-refractivity contribution in [1.82, 2.24) is 10.1 Å². The second-order valence-electron chi connectivity index (χ2n) is 3.43. The zero-order chi connectivity index (χ0) is 13.3. The highest BCUT2D eigenvalue weighted by Crippen LogP contribution is 2.30. The number of alkyl halides is 3. The molecule has 2 N–H and O–H groups in total. The quantitative estimate of drug-likeness (QED) is 0.764. The Morgan fingerprint density at radius 2 is 1.94 bits per heavy atom. The van der Waals surface area contributed by atoms with Crippen LogP contribution in [-0.4, -0.2) is 27.3 Å². The van der Waals surface area contributed by atoms with Crippen molar-refractivity contribution in [3.8, 4) is 11.4 Å². The minimum absolute atomic E-state index is 0.135. The first-order chi connectivity index (χ1) is 8.39. The number of hydrogen-bond acceptors (Lipinski definition) is 5. The Labute approximate surface area is 99.0 Å². The Bertz CT molecular complexity index is 542. The fourth-order valence-corrected chi connectivity index (χ4v) is 1.44. The summed E-state index contributed by atoms with van der Waals surface area (Å²) < 4.78 is 42.1. The molecule has 0 atom stereocenters. The fourth-order valence-electron chi connectivity index (χ4n) is 1.44. The molecule has 0 fully saturated rings. The molecule has 0 amide bonds. The summed E-state index contributed by atoms with van der Waals surface area (Å²) in [6.07, 6.45) is -3.61. The topological polar surface area (TPSA) is 79.4 Å². The van der Waals surface area contributed by atoms with Gasteiger partial charge in [-0.3, -0.25) is 0 Å². The molecule has 9 heteroatoms. The van der Waals surface area contributed by atoms with E-state index in [1.165, 1.54) is 0 Å². The summed E-state index contributed by atoms with van der Waals surface area (Å²) in [4.78, 5) is 3.59. The number of hydrogen-bond donors (Lipinski definition) is 2. The highest BCUT2D eigenvalue weighted by atomic mass is 19.4. The molecule has 2 rings (SSSR count). The standard InChI is InChI=1S/C9H6BF3N2O3/c11-9(12,13)5-1-2-7(10(16)17)6(3-5)8-14-4-18-15-8/h1-4,16-17H. The molecule has 0 spiro atoms. The molecule has 1 heterocycles. The Morgan fingerprint density at radius 1 is 1.22 bits per heavy atom. The lowest BCUT2D eigenvalue weighted by Crippen LogP contribution is -2.32. The molecule has 0 saturated carbocycles. The van der Waals surface area contributed by atoms with E-state index in [0.717, 1.165) is 24.6 Å². The smallest absolute Gasteiger partial charge is 0.423 e. The molecule has 1 aromatic carbocycles. The molecule has 0 bridgehead atoms. The van der Waals surface area contributed by atoms with Crippen LogP contribution in [0.1, 0.15) is 5.56 Å². The van der Waals surface area contributed by atoms with E-state index >= 15 is 0 Å². The molecule has 0 unspecified atom stereocenters. The lowest BCUT2D eigenvalue weighted by molar-refractivity contribution is -0.137. The summed E-state index contributed by atoms with van der Waals surface area (Å²) in [6.45, 7) is 0. The van der Waals surface area contributed by atoms with Gasteiger partial charge in [-0.1, -0.05) is 17.3 Å². The zero-order valence-corrected chi connectivity index (χ0v) is 8.72. The summed E-state index contributed by atoms with van der Waals surface area (Å²) in [6, 6.07) is 2.44. The average molecular weight is 258 g/mol. The zero-order valence-electron chi connectivity index (χ0n) is 8.72. The van der Waals surface area contributed by atoms with Crippen LogP contribution >= 0.6 is 0 Å². The van der Waals surface area contributed by atoms with Crippen LogP contribution in [0.15, 0.2) is 29.1 Å². The molecule has 5 nitrogen and oxygen atoms in total. The van der Waals surface area contributed by atoms with Crippen LogP contribution in [0.2, 0.25) is 0 Å². The second-order valence-corrected chi connectivity index (χ2v) is 3.43. The summed E-state index contributed by atoms with van der Waals surface area (Å²) in [5.41, 5.74) is -1.22. The largest absolute Gasteiger partial charge is 0.489 e. The van der Waals surface area contributed by atoms with Gasteiger partial charge in [-0.15, -0.1) is 0 Å². The molecular weight excluding hydrogens is 252 g/mol. The van der Waals surface area contributed by atoms with Crippen molar-refractivity contribution in [1.29, 1.82) is 0 Å². The second kappa shape index (κ2) is 4.43. The molecule has 0 radical (unpaired) electrons. The van der Waals surface area contributed by atoms with Crippen molar-refractivity contribution in [2.24, 2.45) is 0 Å². The van der Waals surface area contributed by atoms with E-state index in [4.69, 9.17) is 10.0 Å². The van der Waals surface area contributed by atoms with Crippen LogP contribution in [0, 0.1) is 0 Å². The molecule has 2 aromatic rings. The van der Waals surface area contributed by atoms with Crippen molar-refractivity contribution in [2.75, 3.05) is 0 Å². The van der Waals surface area contributed by atoms with Gasteiger partial charge in [0.15, 0.2) is 0 Å². The van der Waals surface area contributed by atoms with E-state index in [2.05, 4.69) is 14.7 Å². The minimum Gasteiger partial charge on any atom is -0.423 e. The van der Waals surface area contributed by atoms with Crippen LogP contribution in [0.4, 0.5) is 13.2 Å². The number of halogens is 3. The highest BCUT2D eigenvalue weighted by Gasteiger charge is 2.32. The first kappa shape index (κ1) is 12.6. The van der Waals surface area contributed by atoms with Gasteiger partial charge in [-0.25, -0.2) is 0 Å². The number of rotatable bonds is 2. The van der Waals surface area contributed by atoms with Gasteiger partial charge in [-0.2, -0.15) is 18.2 Å². The van der Waals surface area contributed by atoms with Gasteiger partial charge < -0.3 is 14.6 Å². The van der Waals surface area contributed by atoms with E-state index in [0.29, 0.717) is 0 Å². The van der Waals surface area contributed by atoms with E-state index in [-0.39, 0.29) is 16.9 Å². The van der Waals surface area contributed by atoms with Crippen molar-refractivity contribution in [3.05, 3.63) is 30.2 Å². The predicted molar refractivity (Wildman–Crippen MR) is 54.6 cm³/mol. The number of benzene rings is 1. The Balaban J connectivity index is 2.59. The molecule has 18 heavy (non-hydrogen) atoms. The van der Waals surface area contributed by atoms with Crippen molar-refractivity contribution < 1.29 is 27.7 Å². The van der Waals surface area contributed by atoms with Crippen LogP contribution in [0.5, 0.6) is 0 Å². The maximum atomic E-state index is 12.6. The molecule has 0 aliphatic rings. The molecule has 94 valence electrons. The maximum Gasteiger partial charge on any atom is 0.489 e. The Morgan fingerprint density at radius 3 is 2.44 bits per heavy atom. The molecular formula is C9H6BF3N2O3. The third-order valence-corrected chi connectivity index (χ3v) is 2.26. The van der Waals surface area contributed by atoms with E-state index < -0.39 is 18.9 Å². The van der Waals surface area contributed by atoms with Crippen LogP contribution in [0.25, 0.3) is 11.4 Å². The lowest BCUT2D eigenvalue weighted by Gasteiger charge is -2.11. The third-order valence-electron chi connectivity index (χ3n) is 2.26. The van der Waals surface area contributed by atoms with Gasteiger partial charge in [0, 0.05) is 5.56 Å². The predicted octanol–water partition coefficient (Wildman–Crippen LogP) is 0.435. The lowest BCUT2D eigenvalue weighted by atomic mass is 9.76. The normalized spacial score (nSPS) is 11.6. The number of aromatic nitrogens is 2. The van der Waals surface area contributed by atoms with Crippen LogP contribution < -0.4 is 5.46 Å². The van der Waals surface area contributed by atoms with Gasteiger partial charge >= 0.3 is 13.3 Å². The molecule has 0 aliphatic heterocycles. The van der Waals surface area contributed by atoms with Gasteiger partial charge in [0.2, 0.25) is 12.2 Å². The summed E-state index contributed by atoms with van der Waals surface area (Å²) in [7, 11) is -1.93. The van der Waals surface area contributed by atoms with Crippen molar-refractivity contribution >= 4 is 12.6 Å². The van der Waals surface area contributed by atoms with Crippen LogP contribution in [-0.2, 0) is 6.18 Å². The van der Waals surface area contributed by atoms with E-state index in [9.17, 15) is 13.2 Å². The molecule has 1 aromatic heterocycles. The first-order valence-electron chi connectivity index (χ1n) is 4.73. The summed E-state index contributed by atoms with van der Waals surface area (Å²) in [5.74, 6) is -0.149. The molecule has 0 aliphatic carbocycles. The average Bonchev–Trinajstić information content (AvgIpc) is 2.80. The number of nitrogens with zero attached hydrogens (tertiary/aromatic N) is 2. The molecule has 0 saturated heterocycles. The van der Waals surface area contributed by atoms with E-state index in [1.54, 1.807) is 0 Å². The fraction of sp³-hybridized carbons (Fsp3) is 0.111.